The van der Waals surface area contributed by atoms with Gasteiger partial charge in [-0.1, -0.05) is 24.3 Å². The number of benzene rings is 2. The molecule has 26 heavy (non-hydrogen) atoms. The summed E-state index contributed by atoms with van der Waals surface area (Å²) >= 11 is 1.59. The number of anilines is 1. The summed E-state index contributed by atoms with van der Waals surface area (Å²) in [7, 11) is 0. The van der Waals surface area contributed by atoms with Crippen molar-refractivity contribution in [2.45, 2.75) is 26.5 Å². The molecule has 0 aliphatic rings. The van der Waals surface area contributed by atoms with Crippen molar-refractivity contribution in [3.63, 3.8) is 0 Å². The van der Waals surface area contributed by atoms with E-state index in [1.54, 1.807) is 40.9 Å². The highest BCUT2D eigenvalue weighted by molar-refractivity contribution is 7.99. The first-order valence-electron chi connectivity index (χ1n) is 8.86. The van der Waals surface area contributed by atoms with Crippen molar-refractivity contribution < 1.29 is 9.59 Å². The van der Waals surface area contributed by atoms with Gasteiger partial charge in [-0.05, 0) is 56.2 Å². The molecule has 0 spiro atoms. The average molecular weight is 371 g/mol. The first-order chi connectivity index (χ1) is 12.5. The molecule has 0 saturated heterocycles. The second-order valence-electron chi connectivity index (χ2n) is 6.02. The minimum atomic E-state index is -0.0357. The molecule has 0 atom stereocenters. The van der Waals surface area contributed by atoms with Gasteiger partial charge in [0.15, 0.2) is 0 Å². The van der Waals surface area contributed by atoms with E-state index in [-0.39, 0.29) is 11.8 Å². The van der Waals surface area contributed by atoms with Gasteiger partial charge < -0.3 is 10.2 Å². The quantitative estimate of drug-likeness (QED) is 0.751. The minimum absolute atomic E-state index is 0.0154. The van der Waals surface area contributed by atoms with Gasteiger partial charge in [-0.25, -0.2) is 0 Å². The predicted molar refractivity (Wildman–Crippen MR) is 110 cm³/mol. The molecule has 0 heterocycles. The molecular formula is C21H26N2O2S. The Morgan fingerprint density at radius 2 is 1.65 bits per heavy atom. The largest absolute Gasteiger partial charge is 0.339 e. The maximum atomic E-state index is 12.3. The molecule has 0 radical (unpaired) electrons. The summed E-state index contributed by atoms with van der Waals surface area (Å²) in [5.74, 6) is 1.19. The third-order valence-electron chi connectivity index (χ3n) is 4.22. The third-order valence-corrected chi connectivity index (χ3v) is 5.20. The first kappa shape index (κ1) is 20.0. The number of nitrogens with zero attached hydrogens (tertiary/aromatic N) is 1. The number of aryl methyl sites for hydroxylation is 1. The fourth-order valence-electron chi connectivity index (χ4n) is 2.61. The molecule has 2 amide bonds. The molecule has 5 heteroatoms. The van der Waals surface area contributed by atoms with Crippen molar-refractivity contribution in [3.8, 4) is 0 Å². The molecule has 0 aliphatic carbocycles. The normalized spacial score (nSPS) is 10.4. The van der Waals surface area contributed by atoms with Crippen molar-refractivity contribution in [3.05, 3.63) is 65.2 Å². The number of amides is 2. The van der Waals surface area contributed by atoms with Crippen LogP contribution < -0.4 is 5.32 Å². The highest BCUT2D eigenvalue weighted by Crippen LogP contribution is 2.17. The van der Waals surface area contributed by atoms with Crippen LogP contribution in [0.4, 0.5) is 5.69 Å². The zero-order valence-corrected chi connectivity index (χ0v) is 16.4. The molecule has 0 aromatic heterocycles. The molecule has 4 nitrogen and oxygen atoms in total. The van der Waals surface area contributed by atoms with Crippen LogP contribution in [0.15, 0.2) is 48.5 Å². The van der Waals surface area contributed by atoms with Crippen LogP contribution in [0.3, 0.4) is 0 Å². The molecule has 2 aromatic rings. The zero-order valence-electron chi connectivity index (χ0n) is 15.6. The van der Waals surface area contributed by atoms with E-state index in [0.29, 0.717) is 30.1 Å². The van der Waals surface area contributed by atoms with Crippen LogP contribution >= 0.6 is 11.8 Å². The summed E-state index contributed by atoms with van der Waals surface area (Å²) in [5.41, 5.74) is 3.85. The summed E-state index contributed by atoms with van der Waals surface area (Å²) in [6.45, 7) is 7.38. The van der Waals surface area contributed by atoms with Gasteiger partial charge in [0.2, 0.25) is 5.91 Å². The predicted octanol–water partition coefficient (Wildman–Crippen LogP) is 4.35. The fourth-order valence-corrected chi connectivity index (χ4v) is 3.52. The highest BCUT2D eigenvalue weighted by Gasteiger charge is 2.12. The lowest BCUT2D eigenvalue weighted by atomic mass is 10.1. The number of hydrogen-bond acceptors (Lipinski definition) is 3. The van der Waals surface area contributed by atoms with Gasteiger partial charge in [0.1, 0.15) is 0 Å². The standard InChI is InChI=1S/C21H26N2O2S/c1-4-23(5-2)21(25)17-10-12-19(13-11-17)22-20(24)15-26-14-18-9-7-6-8-16(18)3/h6-13H,4-5,14-15H2,1-3H3,(H,22,24). The van der Waals surface area contributed by atoms with E-state index in [1.807, 2.05) is 26.0 Å². The van der Waals surface area contributed by atoms with Gasteiger partial charge in [-0.3, -0.25) is 9.59 Å². The molecule has 0 bridgehead atoms. The summed E-state index contributed by atoms with van der Waals surface area (Å²) in [6.07, 6.45) is 0. The van der Waals surface area contributed by atoms with E-state index in [9.17, 15) is 9.59 Å². The Morgan fingerprint density at radius 1 is 1.00 bits per heavy atom. The van der Waals surface area contributed by atoms with Crippen LogP contribution in [0.25, 0.3) is 0 Å². The molecule has 0 aliphatic heterocycles. The Balaban J connectivity index is 1.83. The van der Waals surface area contributed by atoms with Gasteiger partial charge in [0.25, 0.3) is 5.91 Å². The van der Waals surface area contributed by atoms with Crippen LogP contribution in [0, 0.1) is 6.92 Å². The SMILES string of the molecule is CCN(CC)C(=O)c1ccc(NC(=O)CSCc2ccccc2C)cc1. The smallest absolute Gasteiger partial charge is 0.253 e. The number of nitrogens with one attached hydrogen (secondary N) is 1. The lowest BCUT2D eigenvalue weighted by Crippen LogP contribution is -2.30. The van der Waals surface area contributed by atoms with Gasteiger partial charge in [0.05, 0.1) is 5.75 Å². The topological polar surface area (TPSA) is 49.4 Å². The van der Waals surface area contributed by atoms with Crippen molar-refractivity contribution in [1.82, 2.24) is 4.90 Å². The van der Waals surface area contributed by atoms with E-state index >= 15 is 0 Å². The van der Waals surface area contributed by atoms with Gasteiger partial charge in [-0.2, -0.15) is 0 Å². The Bertz CT molecular complexity index is 740. The van der Waals surface area contributed by atoms with E-state index in [1.165, 1.54) is 11.1 Å². The lowest BCUT2D eigenvalue weighted by Gasteiger charge is -2.18. The van der Waals surface area contributed by atoms with E-state index in [4.69, 9.17) is 0 Å². The van der Waals surface area contributed by atoms with Gasteiger partial charge >= 0.3 is 0 Å². The molecule has 0 unspecified atom stereocenters. The Morgan fingerprint density at radius 3 is 2.27 bits per heavy atom. The first-order valence-corrected chi connectivity index (χ1v) is 10.0. The van der Waals surface area contributed by atoms with Crippen LogP contribution in [0.2, 0.25) is 0 Å². The van der Waals surface area contributed by atoms with Crippen molar-refractivity contribution >= 4 is 29.3 Å². The average Bonchev–Trinajstić information content (AvgIpc) is 2.65. The monoisotopic (exact) mass is 370 g/mol. The fraction of sp³-hybridized carbons (Fsp3) is 0.333. The van der Waals surface area contributed by atoms with Crippen LogP contribution in [0.5, 0.6) is 0 Å². The molecule has 0 saturated carbocycles. The van der Waals surface area contributed by atoms with E-state index in [0.717, 1.165) is 5.75 Å². The Hall–Kier alpha value is -2.27. The van der Waals surface area contributed by atoms with Crippen molar-refractivity contribution in [2.75, 3.05) is 24.2 Å². The number of rotatable bonds is 8. The molecule has 1 N–H and O–H groups in total. The highest BCUT2D eigenvalue weighted by atomic mass is 32.2. The molecule has 0 fully saturated rings. The number of carbonyl (C=O) groups is 2. The summed E-state index contributed by atoms with van der Waals surface area (Å²) in [6, 6.07) is 15.3. The number of hydrogen-bond donors (Lipinski definition) is 1. The molecular weight excluding hydrogens is 344 g/mol. The molecule has 2 rings (SSSR count). The summed E-state index contributed by atoms with van der Waals surface area (Å²) < 4.78 is 0. The maximum absolute atomic E-state index is 12.3. The lowest BCUT2D eigenvalue weighted by molar-refractivity contribution is -0.113. The summed E-state index contributed by atoms with van der Waals surface area (Å²) in [4.78, 5) is 26.2. The van der Waals surface area contributed by atoms with Crippen LogP contribution in [-0.4, -0.2) is 35.6 Å². The Labute approximate surface area is 160 Å². The zero-order chi connectivity index (χ0) is 18.9. The number of thioether (sulfide) groups is 1. The maximum Gasteiger partial charge on any atom is 0.253 e. The van der Waals surface area contributed by atoms with Crippen molar-refractivity contribution in [1.29, 1.82) is 0 Å². The second-order valence-corrected chi connectivity index (χ2v) is 7.01. The van der Waals surface area contributed by atoms with Gasteiger partial charge in [0, 0.05) is 30.1 Å². The van der Waals surface area contributed by atoms with E-state index in [2.05, 4.69) is 24.4 Å². The molecule has 2 aromatic carbocycles. The third kappa shape index (κ3) is 5.63. The molecule has 138 valence electrons. The van der Waals surface area contributed by atoms with Crippen LogP contribution in [0.1, 0.15) is 35.3 Å². The van der Waals surface area contributed by atoms with E-state index < -0.39 is 0 Å². The summed E-state index contributed by atoms with van der Waals surface area (Å²) in [5, 5.41) is 2.88. The number of carbonyl (C=O) groups excluding carboxylic acids is 2. The van der Waals surface area contributed by atoms with Crippen LogP contribution in [-0.2, 0) is 10.5 Å². The van der Waals surface area contributed by atoms with Gasteiger partial charge in [-0.15, -0.1) is 11.8 Å². The minimum Gasteiger partial charge on any atom is -0.339 e. The second kappa shape index (κ2) is 10.0. The Kier molecular flexibility index (Phi) is 7.73. The van der Waals surface area contributed by atoms with Crippen molar-refractivity contribution in [2.24, 2.45) is 0 Å².